The molecule has 0 heterocycles. The van der Waals surface area contributed by atoms with Crippen LogP contribution in [-0.4, -0.2) is 5.91 Å². The fourth-order valence-corrected chi connectivity index (χ4v) is 2.95. The first-order valence-electron chi connectivity index (χ1n) is 7.34. The van der Waals surface area contributed by atoms with Crippen LogP contribution in [0.5, 0.6) is 0 Å². The number of carbonyl (C=O) groups excluding carboxylic acids is 1. The number of fused-ring (bicyclic) bond motifs is 1. The zero-order chi connectivity index (χ0) is 16.9. The van der Waals surface area contributed by atoms with E-state index in [4.69, 9.17) is 0 Å². The normalized spacial score (nSPS) is 11.1. The fourth-order valence-electron chi connectivity index (χ4n) is 2.43. The lowest BCUT2D eigenvalue weighted by Gasteiger charge is -2.07. The van der Waals surface area contributed by atoms with Crippen molar-refractivity contribution in [2.24, 2.45) is 0 Å². The van der Waals surface area contributed by atoms with E-state index in [0.29, 0.717) is 5.69 Å². The second-order valence-electron chi connectivity index (χ2n) is 5.17. The zero-order valence-electron chi connectivity index (χ0n) is 12.7. The van der Waals surface area contributed by atoms with Gasteiger partial charge in [-0.1, -0.05) is 54.6 Å². The summed E-state index contributed by atoms with van der Waals surface area (Å²) in [6, 6.07) is 23.2. The molecule has 0 fully saturated rings. The first-order chi connectivity index (χ1) is 11.7. The Labute approximate surface area is 153 Å². The Morgan fingerprint density at radius 1 is 1.00 bits per heavy atom. The van der Waals surface area contributed by atoms with Crippen LogP contribution in [0.25, 0.3) is 16.8 Å². The Bertz CT molecular complexity index is 981. The number of nitriles is 1. The van der Waals surface area contributed by atoms with Gasteiger partial charge in [-0.05, 0) is 57.1 Å². The van der Waals surface area contributed by atoms with Gasteiger partial charge in [0.05, 0.1) is 5.69 Å². The van der Waals surface area contributed by atoms with Crippen molar-refractivity contribution < 1.29 is 4.79 Å². The van der Waals surface area contributed by atoms with E-state index >= 15 is 0 Å². The Hall–Kier alpha value is -2.65. The van der Waals surface area contributed by atoms with E-state index < -0.39 is 5.91 Å². The van der Waals surface area contributed by atoms with Crippen molar-refractivity contribution in [3.8, 4) is 6.07 Å². The molecule has 0 saturated carbocycles. The van der Waals surface area contributed by atoms with Gasteiger partial charge >= 0.3 is 0 Å². The number of para-hydroxylation sites is 1. The molecule has 3 aromatic carbocycles. The van der Waals surface area contributed by atoms with Crippen molar-refractivity contribution in [2.75, 3.05) is 5.32 Å². The predicted octanol–water partition coefficient (Wildman–Crippen LogP) is 4.99. The number of benzene rings is 3. The smallest absolute Gasteiger partial charge is 0.266 e. The summed E-state index contributed by atoms with van der Waals surface area (Å²) in [7, 11) is 0. The van der Waals surface area contributed by atoms with E-state index in [9.17, 15) is 10.1 Å². The SMILES string of the molecule is N#CC(=Cc1cccc2ccccc12)C(=O)Nc1ccccc1I. The summed E-state index contributed by atoms with van der Waals surface area (Å²) >= 11 is 2.15. The minimum Gasteiger partial charge on any atom is -0.320 e. The molecule has 0 aliphatic carbocycles. The molecule has 3 nitrogen and oxygen atoms in total. The minimum atomic E-state index is -0.408. The molecule has 0 spiro atoms. The third-order valence-corrected chi connectivity index (χ3v) is 4.55. The third kappa shape index (κ3) is 3.47. The average molecular weight is 424 g/mol. The summed E-state index contributed by atoms with van der Waals surface area (Å²) in [5.41, 5.74) is 1.62. The van der Waals surface area contributed by atoms with Crippen molar-refractivity contribution in [3.63, 3.8) is 0 Å². The van der Waals surface area contributed by atoms with Gasteiger partial charge in [0.2, 0.25) is 0 Å². The summed E-state index contributed by atoms with van der Waals surface area (Å²) in [5.74, 6) is -0.408. The van der Waals surface area contributed by atoms with Gasteiger partial charge in [0.1, 0.15) is 11.6 Å². The molecule has 1 N–H and O–H groups in total. The van der Waals surface area contributed by atoms with E-state index in [-0.39, 0.29) is 5.57 Å². The second-order valence-corrected chi connectivity index (χ2v) is 6.33. The molecule has 0 unspecified atom stereocenters. The van der Waals surface area contributed by atoms with Gasteiger partial charge in [0.15, 0.2) is 0 Å². The topological polar surface area (TPSA) is 52.9 Å². The summed E-state index contributed by atoms with van der Waals surface area (Å²) < 4.78 is 0.922. The quantitative estimate of drug-likeness (QED) is 0.366. The molecule has 0 aliphatic rings. The minimum absolute atomic E-state index is 0.0750. The molecule has 0 saturated heterocycles. The number of carbonyl (C=O) groups is 1. The number of halogens is 1. The van der Waals surface area contributed by atoms with Crippen molar-refractivity contribution in [1.29, 1.82) is 5.26 Å². The Morgan fingerprint density at radius 3 is 2.50 bits per heavy atom. The van der Waals surface area contributed by atoms with Crippen LogP contribution in [0.15, 0.2) is 72.3 Å². The molecule has 0 bridgehead atoms. The van der Waals surface area contributed by atoms with Gasteiger partial charge in [-0.3, -0.25) is 4.79 Å². The van der Waals surface area contributed by atoms with Crippen LogP contribution >= 0.6 is 22.6 Å². The lowest BCUT2D eigenvalue weighted by atomic mass is 10.0. The highest BCUT2D eigenvalue weighted by atomic mass is 127. The highest BCUT2D eigenvalue weighted by Gasteiger charge is 2.11. The van der Waals surface area contributed by atoms with Crippen LogP contribution < -0.4 is 5.32 Å². The van der Waals surface area contributed by atoms with Gasteiger partial charge in [-0.15, -0.1) is 0 Å². The summed E-state index contributed by atoms with van der Waals surface area (Å²) in [4.78, 5) is 12.4. The van der Waals surface area contributed by atoms with Crippen LogP contribution in [0.2, 0.25) is 0 Å². The summed E-state index contributed by atoms with van der Waals surface area (Å²) in [5, 5.41) is 14.3. The van der Waals surface area contributed by atoms with Crippen LogP contribution in [0, 0.1) is 14.9 Å². The second kappa shape index (κ2) is 7.28. The first-order valence-corrected chi connectivity index (χ1v) is 8.42. The molecular weight excluding hydrogens is 411 g/mol. The van der Waals surface area contributed by atoms with Crippen LogP contribution in [0.4, 0.5) is 5.69 Å². The monoisotopic (exact) mass is 424 g/mol. The summed E-state index contributed by atoms with van der Waals surface area (Å²) in [6.07, 6.45) is 1.63. The molecule has 0 atom stereocenters. The molecule has 1 amide bonds. The highest BCUT2D eigenvalue weighted by molar-refractivity contribution is 14.1. The van der Waals surface area contributed by atoms with Crippen molar-refractivity contribution in [3.05, 3.63) is 81.4 Å². The zero-order valence-corrected chi connectivity index (χ0v) is 14.8. The van der Waals surface area contributed by atoms with E-state index in [0.717, 1.165) is 19.9 Å². The Balaban J connectivity index is 1.96. The molecule has 24 heavy (non-hydrogen) atoms. The standard InChI is InChI=1S/C20H13IN2O/c21-18-10-3-4-11-19(18)23-20(24)16(13-22)12-15-8-5-7-14-6-1-2-9-17(14)15/h1-12H,(H,23,24). The van der Waals surface area contributed by atoms with Crippen LogP contribution in [-0.2, 0) is 4.79 Å². The number of hydrogen-bond donors (Lipinski definition) is 1. The maximum absolute atomic E-state index is 12.4. The highest BCUT2D eigenvalue weighted by Crippen LogP contribution is 2.22. The van der Waals surface area contributed by atoms with Gasteiger partial charge in [-0.2, -0.15) is 5.26 Å². The largest absolute Gasteiger partial charge is 0.320 e. The van der Waals surface area contributed by atoms with E-state index in [1.54, 1.807) is 6.08 Å². The first kappa shape index (κ1) is 16.2. The third-order valence-electron chi connectivity index (χ3n) is 3.61. The van der Waals surface area contributed by atoms with Crippen LogP contribution in [0.3, 0.4) is 0 Å². The molecule has 4 heteroatoms. The molecule has 3 aromatic rings. The Kier molecular flexibility index (Phi) is 4.92. The van der Waals surface area contributed by atoms with Gasteiger partial charge in [-0.25, -0.2) is 0 Å². The van der Waals surface area contributed by atoms with Gasteiger partial charge in [0, 0.05) is 3.57 Å². The number of anilines is 1. The number of amides is 1. The lowest BCUT2D eigenvalue weighted by molar-refractivity contribution is -0.112. The molecule has 0 aliphatic heterocycles. The van der Waals surface area contributed by atoms with E-state index in [1.807, 2.05) is 72.8 Å². The van der Waals surface area contributed by atoms with Crippen LogP contribution in [0.1, 0.15) is 5.56 Å². The number of rotatable bonds is 3. The lowest BCUT2D eigenvalue weighted by Crippen LogP contribution is -2.14. The molecule has 0 aromatic heterocycles. The molecule has 0 radical (unpaired) electrons. The Morgan fingerprint density at radius 2 is 1.71 bits per heavy atom. The van der Waals surface area contributed by atoms with E-state index in [2.05, 4.69) is 27.9 Å². The number of nitrogens with one attached hydrogen (secondary N) is 1. The number of nitrogens with zero attached hydrogens (tertiary/aromatic N) is 1. The fraction of sp³-hybridized carbons (Fsp3) is 0. The van der Waals surface area contributed by atoms with Gasteiger partial charge in [0.25, 0.3) is 5.91 Å². The predicted molar refractivity (Wildman–Crippen MR) is 105 cm³/mol. The average Bonchev–Trinajstić information content (AvgIpc) is 2.61. The van der Waals surface area contributed by atoms with Crippen molar-refractivity contribution in [2.45, 2.75) is 0 Å². The molecular formula is C20H13IN2O. The van der Waals surface area contributed by atoms with Gasteiger partial charge < -0.3 is 5.32 Å². The molecule has 3 rings (SSSR count). The molecule has 116 valence electrons. The van der Waals surface area contributed by atoms with E-state index in [1.165, 1.54) is 0 Å². The number of hydrogen-bond acceptors (Lipinski definition) is 2. The van der Waals surface area contributed by atoms with Crippen molar-refractivity contribution in [1.82, 2.24) is 0 Å². The maximum Gasteiger partial charge on any atom is 0.266 e. The van der Waals surface area contributed by atoms with Crippen molar-refractivity contribution >= 4 is 51.0 Å². The maximum atomic E-state index is 12.4. The summed E-state index contributed by atoms with van der Waals surface area (Å²) in [6.45, 7) is 0.